The van der Waals surface area contributed by atoms with Gasteiger partial charge < -0.3 is 20.7 Å². The summed E-state index contributed by atoms with van der Waals surface area (Å²) in [4.78, 5) is 11.7. The van der Waals surface area contributed by atoms with Gasteiger partial charge in [0.2, 0.25) is 5.95 Å². The fraction of sp³-hybridized carbons (Fsp3) is 0.545. The molecule has 0 radical (unpaired) electrons. The maximum absolute atomic E-state index is 14.8. The van der Waals surface area contributed by atoms with Crippen LogP contribution in [0.15, 0.2) is 6.33 Å². The molecule has 3 rings (SSSR count). The van der Waals surface area contributed by atoms with E-state index in [0.717, 1.165) is 0 Å². The average molecular weight is 318 g/mol. The van der Waals surface area contributed by atoms with Crippen LogP contribution in [0.3, 0.4) is 0 Å². The van der Waals surface area contributed by atoms with E-state index in [1.807, 2.05) is 0 Å². The lowest BCUT2D eigenvalue weighted by molar-refractivity contribution is -0.0566. The third kappa shape index (κ3) is 2.04. The van der Waals surface area contributed by atoms with E-state index >= 15 is 0 Å². The van der Waals surface area contributed by atoms with Crippen molar-refractivity contribution in [1.29, 1.82) is 0 Å². The van der Waals surface area contributed by atoms with Gasteiger partial charge in [0.25, 0.3) is 0 Å². The fourth-order valence-corrected chi connectivity index (χ4v) is 2.65. The van der Waals surface area contributed by atoms with Crippen molar-refractivity contribution in [2.75, 3.05) is 12.3 Å². The second-order valence-corrected chi connectivity index (χ2v) is 5.36. The maximum atomic E-state index is 14.8. The van der Waals surface area contributed by atoms with Gasteiger partial charge in [-0.25, -0.2) is 9.37 Å². The summed E-state index contributed by atoms with van der Waals surface area (Å²) in [7, 11) is 0. The number of ether oxygens (including phenoxy) is 1. The van der Waals surface area contributed by atoms with E-state index in [2.05, 4.69) is 15.0 Å². The number of imidazole rings is 1. The number of nitrogens with two attached hydrogens (primary N) is 1. The van der Waals surface area contributed by atoms with Crippen molar-refractivity contribution in [2.45, 2.75) is 31.0 Å². The Morgan fingerprint density at radius 3 is 2.90 bits per heavy atom. The van der Waals surface area contributed by atoms with E-state index < -0.39 is 30.7 Å². The molecule has 3 unspecified atom stereocenters. The molecule has 114 valence electrons. The van der Waals surface area contributed by atoms with Crippen molar-refractivity contribution in [3.8, 4) is 0 Å². The number of aliphatic hydroxyl groups is 2. The van der Waals surface area contributed by atoms with Gasteiger partial charge in [-0.2, -0.15) is 9.97 Å². The molecule has 3 heterocycles. The molecule has 2 aromatic rings. The number of hydrogen-bond acceptors (Lipinski definition) is 7. The molecule has 21 heavy (non-hydrogen) atoms. The molecule has 8 nitrogen and oxygen atoms in total. The van der Waals surface area contributed by atoms with Gasteiger partial charge in [-0.15, -0.1) is 0 Å². The second-order valence-electron chi connectivity index (χ2n) is 5.00. The summed E-state index contributed by atoms with van der Waals surface area (Å²) in [5.74, 6) is -0.0907. The molecular formula is C11H13ClFN5O3. The van der Waals surface area contributed by atoms with Crippen molar-refractivity contribution in [3.63, 3.8) is 0 Å². The van der Waals surface area contributed by atoms with Gasteiger partial charge in [0.15, 0.2) is 22.7 Å². The van der Waals surface area contributed by atoms with Gasteiger partial charge in [0.05, 0.1) is 12.9 Å². The highest BCUT2D eigenvalue weighted by Crippen LogP contribution is 2.42. The van der Waals surface area contributed by atoms with Crippen LogP contribution in [0.25, 0.3) is 11.2 Å². The Kier molecular flexibility index (Phi) is 3.24. The molecule has 0 aromatic carbocycles. The first-order valence-electron chi connectivity index (χ1n) is 6.15. The van der Waals surface area contributed by atoms with Crippen molar-refractivity contribution >= 4 is 28.7 Å². The monoisotopic (exact) mass is 317 g/mol. The number of hydrogen-bond donors (Lipinski definition) is 3. The van der Waals surface area contributed by atoms with E-state index in [0.29, 0.717) is 0 Å². The van der Waals surface area contributed by atoms with Crippen LogP contribution in [-0.2, 0) is 4.74 Å². The van der Waals surface area contributed by atoms with E-state index in [4.69, 9.17) is 27.2 Å². The SMILES string of the molecule is CC1(F)C(O)[C@@H](CO)OC1n1cnc2c(Cl)nc(N)nc21. The van der Waals surface area contributed by atoms with Gasteiger partial charge in [0, 0.05) is 0 Å². The minimum absolute atomic E-state index is 0.0362. The summed E-state index contributed by atoms with van der Waals surface area (Å²) in [5.41, 5.74) is 3.81. The first-order chi connectivity index (χ1) is 9.86. The highest BCUT2D eigenvalue weighted by Gasteiger charge is 2.55. The number of rotatable bonds is 2. The second kappa shape index (κ2) is 4.73. The van der Waals surface area contributed by atoms with Crippen molar-refractivity contribution < 1.29 is 19.3 Å². The number of nitrogen functional groups attached to an aromatic ring is 1. The molecule has 0 spiro atoms. The van der Waals surface area contributed by atoms with Crippen LogP contribution in [0.2, 0.25) is 5.15 Å². The zero-order chi connectivity index (χ0) is 15.4. The number of alkyl halides is 1. The lowest BCUT2D eigenvalue weighted by atomic mass is 9.99. The molecule has 10 heteroatoms. The molecule has 4 atom stereocenters. The van der Waals surface area contributed by atoms with E-state index in [9.17, 15) is 9.50 Å². The highest BCUT2D eigenvalue weighted by atomic mass is 35.5. The Bertz CT molecular complexity index is 694. The predicted molar refractivity (Wildman–Crippen MR) is 71.3 cm³/mol. The number of halogens is 2. The minimum Gasteiger partial charge on any atom is -0.394 e. The zero-order valence-corrected chi connectivity index (χ0v) is 11.7. The van der Waals surface area contributed by atoms with Crippen LogP contribution in [-0.4, -0.2) is 54.2 Å². The molecule has 0 amide bonds. The summed E-state index contributed by atoms with van der Waals surface area (Å²) in [5, 5.41) is 19.1. The fourth-order valence-electron chi connectivity index (χ4n) is 2.43. The Labute approximate surface area is 123 Å². The van der Waals surface area contributed by atoms with Crippen LogP contribution in [0, 0.1) is 0 Å². The van der Waals surface area contributed by atoms with Crippen molar-refractivity contribution in [3.05, 3.63) is 11.5 Å². The number of anilines is 1. The molecule has 0 saturated carbocycles. The molecule has 1 aliphatic heterocycles. The standard InChI is InChI=1S/C11H13ClFN5O3/c1-11(13)6(20)4(2-19)21-9(11)18-3-15-5-7(12)16-10(14)17-8(5)18/h3-4,6,9,19-20H,2H2,1H3,(H2,14,16,17)/t4-,6?,9?,11?/m1/s1. The van der Waals surface area contributed by atoms with Crippen LogP contribution < -0.4 is 5.73 Å². The number of fused-ring (bicyclic) bond motifs is 1. The Balaban J connectivity index is 2.13. The zero-order valence-electron chi connectivity index (χ0n) is 10.9. The summed E-state index contributed by atoms with van der Waals surface area (Å²) in [6, 6.07) is 0. The Morgan fingerprint density at radius 1 is 1.57 bits per heavy atom. The smallest absolute Gasteiger partial charge is 0.223 e. The molecule has 1 fully saturated rings. The predicted octanol–water partition coefficient (Wildman–Crippen LogP) is 0.0407. The summed E-state index contributed by atoms with van der Waals surface area (Å²) in [6.07, 6.45) is -2.48. The first-order valence-corrected chi connectivity index (χ1v) is 6.53. The first kappa shape index (κ1) is 14.4. The lowest BCUT2D eigenvalue weighted by Gasteiger charge is -2.24. The topological polar surface area (TPSA) is 119 Å². The van der Waals surface area contributed by atoms with E-state index in [1.54, 1.807) is 0 Å². The Hall–Kier alpha value is -1.55. The number of nitrogens with zero attached hydrogens (tertiary/aromatic N) is 4. The summed E-state index contributed by atoms with van der Waals surface area (Å²) >= 11 is 5.91. The van der Waals surface area contributed by atoms with E-state index in [1.165, 1.54) is 17.8 Å². The van der Waals surface area contributed by atoms with Crippen LogP contribution >= 0.6 is 11.6 Å². The maximum Gasteiger partial charge on any atom is 0.223 e. The third-order valence-electron chi connectivity index (χ3n) is 3.55. The molecule has 0 bridgehead atoms. The van der Waals surface area contributed by atoms with Crippen LogP contribution in [0.4, 0.5) is 10.3 Å². The van der Waals surface area contributed by atoms with E-state index in [-0.39, 0.29) is 22.3 Å². The molecule has 1 aliphatic rings. The van der Waals surface area contributed by atoms with Crippen molar-refractivity contribution in [1.82, 2.24) is 19.5 Å². The highest BCUT2D eigenvalue weighted by molar-refractivity contribution is 6.33. The molecule has 4 N–H and O–H groups in total. The van der Waals surface area contributed by atoms with Crippen LogP contribution in [0.5, 0.6) is 0 Å². The van der Waals surface area contributed by atoms with Gasteiger partial charge in [-0.1, -0.05) is 11.6 Å². The average Bonchev–Trinajstić information content (AvgIpc) is 2.91. The Morgan fingerprint density at radius 2 is 2.29 bits per heavy atom. The summed E-state index contributed by atoms with van der Waals surface area (Å²) < 4.78 is 21.4. The van der Waals surface area contributed by atoms with Gasteiger partial charge in [-0.3, -0.25) is 4.57 Å². The number of aliphatic hydroxyl groups excluding tert-OH is 2. The molecule has 1 saturated heterocycles. The minimum atomic E-state index is -2.15. The van der Waals surface area contributed by atoms with Gasteiger partial charge in [0.1, 0.15) is 17.7 Å². The largest absolute Gasteiger partial charge is 0.394 e. The lowest BCUT2D eigenvalue weighted by Crippen LogP contribution is -2.40. The van der Waals surface area contributed by atoms with Crippen molar-refractivity contribution in [2.24, 2.45) is 0 Å². The number of aromatic nitrogens is 4. The van der Waals surface area contributed by atoms with Gasteiger partial charge >= 0.3 is 0 Å². The normalized spacial score (nSPS) is 32.9. The molecule has 2 aromatic heterocycles. The summed E-state index contributed by atoms with van der Waals surface area (Å²) in [6.45, 7) is 0.664. The molecular weight excluding hydrogens is 305 g/mol. The quantitative estimate of drug-likeness (QED) is 0.669. The van der Waals surface area contributed by atoms with Crippen LogP contribution in [0.1, 0.15) is 13.2 Å². The van der Waals surface area contributed by atoms with Gasteiger partial charge in [-0.05, 0) is 6.92 Å². The third-order valence-corrected chi connectivity index (χ3v) is 3.81. The molecule has 0 aliphatic carbocycles.